The number of nitrogens with zero attached hydrogens (tertiary/aromatic N) is 1. The van der Waals surface area contributed by atoms with Crippen LogP contribution >= 0.6 is 0 Å². The van der Waals surface area contributed by atoms with Crippen molar-refractivity contribution in [3.8, 4) is 16.9 Å². The monoisotopic (exact) mass is 323 g/mol. The van der Waals surface area contributed by atoms with Gasteiger partial charge in [0.15, 0.2) is 0 Å². The van der Waals surface area contributed by atoms with Gasteiger partial charge in [-0.3, -0.25) is 4.79 Å². The zero-order valence-electron chi connectivity index (χ0n) is 13.4. The summed E-state index contributed by atoms with van der Waals surface area (Å²) in [6, 6.07) is 14.6. The van der Waals surface area contributed by atoms with E-state index in [2.05, 4.69) is 0 Å². The molecule has 1 saturated heterocycles. The van der Waals surface area contributed by atoms with E-state index in [1.165, 1.54) is 0 Å². The van der Waals surface area contributed by atoms with E-state index in [4.69, 9.17) is 0 Å². The number of phenols is 1. The van der Waals surface area contributed by atoms with Crippen LogP contribution in [0.2, 0.25) is 0 Å². The molecule has 4 nitrogen and oxygen atoms in total. The first-order valence-corrected chi connectivity index (χ1v) is 8.48. The molecule has 0 aromatic heterocycles. The van der Waals surface area contributed by atoms with Crippen molar-refractivity contribution in [3.05, 3.63) is 54.1 Å². The Labute approximate surface area is 141 Å². The first-order chi connectivity index (χ1) is 11.6. The van der Waals surface area contributed by atoms with Gasteiger partial charge in [-0.25, -0.2) is 0 Å². The number of piperidine rings is 1. The highest BCUT2D eigenvalue weighted by Crippen LogP contribution is 2.37. The highest BCUT2D eigenvalue weighted by molar-refractivity contribution is 5.95. The summed E-state index contributed by atoms with van der Waals surface area (Å²) in [7, 11) is 0. The van der Waals surface area contributed by atoms with Crippen LogP contribution in [0, 0.1) is 11.8 Å². The third-order valence-electron chi connectivity index (χ3n) is 5.38. The molecule has 2 aromatic rings. The van der Waals surface area contributed by atoms with Crippen LogP contribution in [0.3, 0.4) is 0 Å². The van der Waals surface area contributed by atoms with Gasteiger partial charge < -0.3 is 15.1 Å². The Kier molecular flexibility index (Phi) is 3.77. The number of aromatic hydroxyl groups is 1. The maximum absolute atomic E-state index is 12.9. The van der Waals surface area contributed by atoms with Crippen LogP contribution in [-0.2, 0) is 0 Å². The number of hydrogen-bond donors (Lipinski definition) is 2. The summed E-state index contributed by atoms with van der Waals surface area (Å²) < 4.78 is 0. The summed E-state index contributed by atoms with van der Waals surface area (Å²) in [6.07, 6.45) is 1.80. The largest absolute Gasteiger partial charge is 0.508 e. The van der Waals surface area contributed by atoms with E-state index in [1.807, 2.05) is 41.3 Å². The summed E-state index contributed by atoms with van der Waals surface area (Å²) in [6.45, 7) is 1.31. The number of amides is 1. The fraction of sp³-hybridized carbons (Fsp3) is 0.350. The number of carbonyl (C=O) groups excluding carboxylic acids is 1. The first-order valence-electron chi connectivity index (χ1n) is 8.48. The Morgan fingerprint density at radius 1 is 0.958 bits per heavy atom. The normalized spacial score (nSPS) is 25.7. The summed E-state index contributed by atoms with van der Waals surface area (Å²) in [5.74, 6) is 0.730. The molecule has 4 heteroatoms. The average molecular weight is 323 g/mol. The predicted molar refractivity (Wildman–Crippen MR) is 91.7 cm³/mol. The number of phenolic OH excluding ortho intramolecular Hbond substituents is 1. The topological polar surface area (TPSA) is 60.8 Å². The third-order valence-corrected chi connectivity index (χ3v) is 5.38. The highest BCUT2D eigenvalue weighted by Gasteiger charge is 2.42. The SMILES string of the molecule is O=C(c1cccc(-c2ccc(O)cc2)c1)N1C[C@H]2CC[C@@H](C1)C2O. The second-order valence-electron chi connectivity index (χ2n) is 6.93. The molecule has 2 fully saturated rings. The zero-order chi connectivity index (χ0) is 16.7. The van der Waals surface area contributed by atoms with Crippen molar-refractivity contribution in [1.82, 2.24) is 4.90 Å². The Bertz CT molecular complexity index is 742. The Morgan fingerprint density at radius 2 is 1.62 bits per heavy atom. The van der Waals surface area contributed by atoms with E-state index in [1.54, 1.807) is 12.1 Å². The van der Waals surface area contributed by atoms with Crippen LogP contribution in [0.25, 0.3) is 11.1 Å². The Morgan fingerprint density at radius 3 is 2.29 bits per heavy atom. The van der Waals surface area contributed by atoms with E-state index in [0.717, 1.165) is 24.0 Å². The number of carbonyl (C=O) groups is 1. The molecule has 1 amide bonds. The number of hydrogen-bond acceptors (Lipinski definition) is 3. The van der Waals surface area contributed by atoms with Crippen molar-refractivity contribution < 1.29 is 15.0 Å². The van der Waals surface area contributed by atoms with Gasteiger partial charge in [-0.05, 0) is 48.2 Å². The molecule has 24 heavy (non-hydrogen) atoms. The molecule has 124 valence electrons. The second-order valence-corrected chi connectivity index (χ2v) is 6.93. The van der Waals surface area contributed by atoms with Crippen molar-refractivity contribution in [2.45, 2.75) is 18.9 Å². The molecular formula is C20H21NO3. The van der Waals surface area contributed by atoms with Gasteiger partial charge in [-0.2, -0.15) is 0 Å². The minimum absolute atomic E-state index is 0.0411. The van der Waals surface area contributed by atoms with Crippen LogP contribution < -0.4 is 0 Å². The zero-order valence-corrected chi connectivity index (χ0v) is 13.4. The van der Waals surface area contributed by atoms with Crippen molar-refractivity contribution >= 4 is 5.91 Å². The smallest absolute Gasteiger partial charge is 0.253 e. The average Bonchev–Trinajstić information content (AvgIpc) is 2.83. The summed E-state index contributed by atoms with van der Waals surface area (Å²) in [5, 5.41) is 19.5. The molecule has 2 bridgehead atoms. The molecule has 0 radical (unpaired) electrons. The van der Waals surface area contributed by atoms with Crippen LogP contribution in [0.5, 0.6) is 5.75 Å². The number of benzene rings is 2. The van der Waals surface area contributed by atoms with Crippen molar-refractivity contribution in [2.24, 2.45) is 11.8 Å². The number of fused-ring (bicyclic) bond motifs is 2. The Hall–Kier alpha value is -2.33. The quantitative estimate of drug-likeness (QED) is 0.893. The molecule has 1 heterocycles. The molecule has 2 N–H and O–H groups in total. The lowest BCUT2D eigenvalue weighted by atomic mass is 9.94. The minimum Gasteiger partial charge on any atom is -0.508 e. The number of rotatable bonds is 2. The molecule has 2 aromatic carbocycles. The van der Waals surface area contributed by atoms with E-state index < -0.39 is 0 Å². The van der Waals surface area contributed by atoms with Gasteiger partial charge in [0.05, 0.1) is 6.10 Å². The van der Waals surface area contributed by atoms with Gasteiger partial charge in [0.25, 0.3) is 5.91 Å². The maximum atomic E-state index is 12.9. The minimum atomic E-state index is -0.239. The lowest BCUT2D eigenvalue weighted by molar-refractivity contribution is 0.0166. The first kappa shape index (κ1) is 15.2. The lowest BCUT2D eigenvalue weighted by Crippen LogP contribution is -2.47. The van der Waals surface area contributed by atoms with Crippen molar-refractivity contribution in [1.29, 1.82) is 0 Å². The van der Waals surface area contributed by atoms with Gasteiger partial charge in [-0.1, -0.05) is 24.3 Å². The Balaban J connectivity index is 1.57. The van der Waals surface area contributed by atoms with E-state index >= 15 is 0 Å². The molecule has 3 atom stereocenters. The molecule has 1 aliphatic carbocycles. The van der Waals surface area contributed by atoms with Crippen LogP contribution in [-0.4, -0.2) is 40.2 Å². The van der Waals surface area contributed by atoms with Crippen molar-refractivity contribution in [2.75, 3.05) is 13.1 Å². The third kappa shape index (κ3) is 2.67. The lowest BCUT2D eigenvalue weighted by Gasteiger charge is -2.35. The highest BCUT2D eigenvalue weighted by atomic mass is 16.3. The molecule has 1 saturated carbocycles. The molecular weight excluding hydrogens is 302 g/mol. The molecule has 0 spiro atoms. The van der Waals surface area contributed by atoms with Crippen molar-refractivity contribution in [3.63, 3.8) is 0 Å². The van der Waals surface area contributed by atoms with E-state index in [9.17, 15) is 15.0 Å². The van der Waals surface area contributed by atoms with E-state index in [0.29, 0.717) is 18.7 Å². The molecule has 1 unspecified atom stereocenters. The van der Waals surface area contributed by atoms with Gasteiger partial charge in [0.2, 0.25) is 0 Å². The second kappa shape index (κ2) is 5.95. The van der Waals surface area contributed by atoms with Crippen LogP contribution in [0.15, 0.2) is 48.5 Å². The maximum Gasteiger partial charge on any atom is 0.253 e. The number of aliphatic hydroxyl groups excluding tert-OH is 1. The molecule has 2 aliphatic rings. The molecule has 4 rings (SSSR count). The summed E-state index contributed by atoms with van der Waals surface area (Å²) >= 11 is 0. The molecule has 1 aliphatic heterocycles. The van der Waals surface area contributed by atoms with Gasteiger partial charge in [0, 0.05) is 30.5 Å². The van der Waals surface area contributed by atoms with Gasteiger partial charge in [0.1, 0.15) is 5.75 Å². The standard InChI is InChI=1S/C20H21NO3/c22-18-8-6-13(7-9-18)14-2-1-3-15(10-14)20(24)21-11-16-4-5-17(12-21)19(16)23/h1-3,6-10,16-17,19,22-23H,4-5,11-12H2/t16-,17+,19?. The van der Waals surface area contributed by atoms with Gasteiger partial charge in [-0.15, -0.1) is 0 Å². The summed E-state index contributed by atoms with van der Waals surface area (Å²) in [4.78, 5) is 14.8. The number of likely N-dealkylation sites (tertiary alicyclic amines) is 1. The van der Waals surface area contributed by atoms with Crippen LogP contribution in [0.4, 0.5) is 0 Å². The fourth-order valence-electron chi connectivity index (χ4n) is 4.03. The van der Waals surface area contributed by atoms with Gasteiger partial charge >= 0.3 is 0 Å². The predicted octanol–water partition coefficient (Wildman–Crippen LogP) is 2.90. The number of aliphatic hydroxyl groups is 1. The van der Waals surface area contributed by atoms with Crippen LogP contribution in [0.1, 0.15) is 23.2 Å². The fourth-order valence-corrected chi connectivity index (χ4v) is 4.03. The summed E-state index contributed by atoms with van der Waals surface area (Å²) in [5.41, 5.74) is 2.61. The van der Waals surface area contributed by atoms with E-state index in [-0.39, 0.29) is 29.6 Å².